The monoisotopic (exact) mass is 258 g/mol. The van der Waals surface area contributed by atoms with Crippen molar-refractivity contribution in [3.05, 3.63) is 35.4 Å². The minimum Gasteiger partial charge on any atom is -0.507 e. The van der Waals surface area contributed by atoms with E-state index in [1.165, 1.54) is 13.2 Å². The van der Waals surface area contributed by atoms with Gasteiger partial charge in [-0.25, -0.2) is 0 Å². The molecule has 2 aromatic carbocycles. The normalized spacial score (nSPS) is 18.4. The highest BCUT2D eigenvalue weighted by molar-refractivity contribution is 6.12. The van der Waals surface area contributed by atoms with Crippen LogP contribution >= 0.6 is 0 Å². The number of hydrogen-bond donors (Lipinski definition) is 2. The van der Waals surface area contributed by atoms with Crippen LogP contribution in [0.2, 0.25) is 0 Å². The Morgan fingerprint density at radius 2 is 2.11 bits per heavy atom. The molecule has 2 aromatic rings. The van der Waals surface area contributed by atoms with Gasteiger partial charge in [0.05, 0.1) is 13.2 Å². The molecule has 3 rings (SSSR count). The average molecular weight is 258 g/mol. The van der Waals surface area contributed by atoms with Crippen molar-refractivity contribution in [1.82, 2.24) is 0 Å². The molecule has 0 saturated heterocycles. The van der Waals surface area contributed by atoms with Crippen LogP contribution in [0.15, 0.2) is 24.3 Å². The molecular weight excluding hydrogens is 244 g/mol. The van der Waals surface area contributed by atoms with Crippen molar-refractivity contribution in [1.29, 1.82) is 0 Å². The Labute approximate surface area is 110 Å². The molecule has 0 heterocycles. The summed E-state index contributed by atoms with van der Waals surface area (Å²) in [6, 6.07) is 6.79. The molecule has 0 fully saturated rings. The van der Waals surface area contributed by atoms with E-state index in [0.29, 0.717) is 35.1 Å². The maximum atomic E-state index is 12.1. The van der Waals surface area contributed by atoms with Gasteiger partial charge >= 0.3 is 0 Å². The lowest BCUT2D eigenvalue weighted by Crippen LogP contribution is -2.15. The number of aromatic hydroxyl groups is 1. The second-order valence-electron chi connectivity index (χ2n) is 4.75. The fourth-order valence-electron chi connectivity index (χ4n) is 2.68. The molecule has 0 aliphatic heterocycles. The van der Waals surface area contributed by atoms with Crippen molar-refractivity contribution in [2.24, 2.45) is 0 Å². The first kappa shape index (κ1) is 12.0. The summed E-state index contributed by atoms with van der Waals surface area (Å²) in [4.78, 5) is 12.1. The van der Waals surface area contributed by atoms with E-state index in [2.05, 4.69) is 0 Å². The fourth-order valence-corrected chi connectivity index (χ4v) is 2.68. The zero-order valence-electron chi connectivity index (χ0n) is 10.5. The largest absolute Gasteiger partial charge is 0.507 e. The number of ketones is 1. The number of rotatable bonds is 1. The van der Waals surface area contributed by atoms with Gasteiger partial charge in [0.15, 0.2) is 5.78 Å². The Bertz CT molecular complexity index is 675. The van der Waals surface area contributed by atoms with E-state index in [4.69, 9.17) is 4.74 Å². The number of carbonyl (C=O) groups excluding carboxylic acids is 1. The lowest BCUT2D eigenvalue weighted by Gasteiger charge is -2.22. The molecule has 0 radical (unpaired) electrons. The molecule has 0 bridgehead atoms. The van der Waals surface area contributed by atoms with E-state index in [9.17, 15) is 15.0 Å². The number of phenolic OH excluding ortho intramolecular Hbond substituents is 1. The smallest absolute Gasteiger partial charge is 0.164 e. The lowest BCUT2D eigenvalue weighted by molar-refractivity contribution is 0.0899. The van der Waals surface area contributed by atoms with Gasteiger partial charge in [-0.15, -0.1) is 0 Å². The Hall–Kier alpha value is -2.07. The van der Waals surface area contributed by atoms with Gasteiger partial charge in [0.2, 0.25) is 0 Å². The van der Waals surface area contributed by atoms with E-state index < -0.39 is 6.10 Å². The summed E-state index contributed by atoms with van der Waals surface area (Å²) >= 11 is 0. The van der Waals surface area contributed by atoms with Gasteiger partial charge in [-0.2, -0.15) is 0 Å². The number of hydrogen-bond acceptors (Lipinski definition) is 4. The van der Waals surface area contributed by atoms with Crippen LogP contribution in [-0.4, -0.2) is 23.1 Å². The summed E-state index contributed by atoms with van der Waals surface area (Å²) < 4.78 is 5.10. The highest BCUT2D eigenvalue weighted by Gasteiger charge is 2.27. The summed E-state index contributed by atoms with van der Waals surface area (Å²) in [6.45, 7) is 0. The summed E-state index contributed by atoms with van der Waals surface area (Å²) in [5.41, 5.74) is 1.04. The molecule has 19 heavy (non-hydrogen) atoms. The molecule has 1 unspecified atom stereocenters. The summed E-state index contributed by atoms with van der Waals surface area (Å²) in [5.74, 6) is 0.508. The zero-order valence-corrected chi connectivity index (χ0v) is 10.5. The first-order valence-corrected chi connectivity index (χ1v) is 6.16. The van der Waals surface area contributed by atoms with Gasteiger partial charge in [-0.05, 0) is 23.4 Å². The van der Waals surface area contributed by atoms with Gasteiger partial charge in [-0.3, -0.25) is 4.79 Å². The number of Topliss-reactive ketones (excluding diaryl/α,β-unsaturated/α-hetero) is 1. The molecule has 1 atom stereocenters. The van der Waals surface area contributed by atoms with Gasteiger partial charge < -0.3 is 14.9 Å². The SMILES string of the molecule is COc1cc(O)c2c3c(ccc2c1)C(O)CCC3=O. The molecule has 98 valence electrons. The van der Waals surface area contributed by atoms with E-state index in [-0.39, 0.29) is 11.5 Å². The first-order valence-electron chi connectivity index (χ1n) is 6.16. The molecular formula is C15H14O4. The van der Waals surface area contributed by atoms with E-state index in [1.807, 2.05) is 0 Å². The fraction of sp³-hybridized carbons (Fsp3) is 0.267. The predicted molar refractivity (Wildman–Crippen MR) is 70.7 cm³/mol. The summed E-state index contributed by atoms with van der Waals surface area (Å²) in [7, 11) is 1.52. The number of methoxy groups -OCH3 is 1. The van der Waals surface area contributed by atoms with Crippen molar-refractivity contribution >= 4 is 16.6 Å². The number of carbonyl (C=O) groups is 1. The van der Waals surface area contributed by atoms with Gasteiger partial charge in [0, 0.05) is 23.4 Å². The van der Waals surface area contributed by atoms with Crippen LogP contribution in [0.1, 0.15) is 34.9 Å². The molecule has 0 saturated carbocycles. The minimum absolute atomic E-state index is 0.00801. The van der Waals surface area contributed by atoms with Gasteiger partial charge in [0.1, 0.15) is 11.5 Å². The topological polar surface area (TPSA) is 66.8 Å². The molecule has 4 heteroatoms. The van der Waals surface area contributed by atoms with Crippen LogP contribution in [0.25, 0.3) is 10.8 Å². The number of phenols is 1. The molecule has 0 spiro atoms. The number of fused-ring (bicyclic) bond motifs is 3. The van der Waals surface area contributed by atoms with Crippen LogP contribution in [-0.2, 0) is 0 Å². The number of ether oxygens (including phenoxy) is 1. The predicted octanol–water partition coefficient (Wildman–Crippen LogP) is 2.56. The quantitative estimate of drug-likeness (QED) is 0.825. The Balaban J connectivity index is 2.38. The van der Waals surface area contributed by atoms with Crippen molar-refractivity contribution < 1.29 is 19.7 Å². The minimum atomic E-state index is -0.640. The van der Waals surface area contributed by atoms with Crippen LogP contribution in [0.5, 0.6) is 11.5 Å². The molecule has 4 nitrogen and oxygen atoms in total. The van der Waals surface area contributed by atoms with Crippen LogP contribution in [0, 0.1) is 0 Å². The third kappa shape index (κ3) is 1.76. The van der Waals surface area contributed by atoms with E-state index in [1.54, 1.807) is 18.2 Å². The average Bonchev–Trinajstić information content (AvgIpc) is 2.42. The zero-order chi connectivity index (χ0) is 13.6. The van der Waals surface area contributed by atoms with Crippen molar-refractivity contribution in [3.8, 4) is 11.5 Å². The Morgan fingerprint density at radius 3 is 2.84 bits per heavy atom. The highest BCUT2D eigenvalue weighted by atomic mass is 16.5. The van der Waals surface area contributed by atoms with E-state index in [0.717, 1.165) is 5.39 Å². The lowest BCUT2D eigenvalue weighted by atomic mass is 9.85. The second kappa shape index (κ2) is 4.24. The van der Waals surface area contributed by atoms with E-state index >= 15 is 0 Å². The third-order valence-electron chi connectivity index (χ3n) is 3.62. The summed E-state index contributed by atoms with van der Waals surface area (Å²) in [5, 5.41) is 21.3. The van der Waals surface area contributed by atoms with Crippen molar-refractivity contribution in [2.45, 2.75) is 18.9 Å². The van der Waals surface area contributed by atoms with Crippen molar-refractivity contribution in [2.75, 3.05) is 7.11 Å². The van der Waals surface area contributed by atoms with Crippen LogP contribution in [0.4, 0.5) is 0 Å². The molecule has 0 amide bonds. The third-order valence-corrected chi connectivity index (χ3v) is 3.62. The maximum absolute atomic E-state index is 12.1. The van der Waals surface area contributed by atoms with Gasteiger partial charge in [0.25, 0.3) is 0 Å². The Kier molecular flexibility index (Phi) is 2.68. The number of aliphatic hydroxyl groups excluding tert-OH is 1. The standard InChI is InChI=1S/C15H14O4/c1-19-9-6-8-2-3-10-11(16)4-5-12(17)15(10)14(8)13(18)7-9/h2-3,6-7,11,16,18H,4-5H2,1H3. The van der Waals surface area contributed by atoms with Crippen LogP contribution < -0.4 is 4.74 Å². The van der Waals surface area contributed by atoms with Crippen LogP contribution in [0.3, 0.4) is 0 Å². The van der Waals surface area contributed by atoms with Crippen molar-refractivity contribution in [3.63, 3.8) is 0 Å². The van der Waals surface area contributed by atoms with Gasteiger partial charge in [-0.1, -0.05) is 12.1 Å². The summed E-state index contributed by atoms with van der Waals surface area (Å²) in [6.07, 6.45) is 0.103. The Morgan fingerprint density at radius 1 is 1.32 bits per heavy atom. The maximum Gasteiger partial charge on any atom is 0.164 e. The second-order valence-corrected chi connectivity index (χ2v) is 4.75. The number of aliphatic hydroxyl groups is 1. The molecule has 0 aromatic heterocycles. The molecule has 1 aliphatic rings. The molecule has 1 aliphatic carbocycles. The molecule has 2 N–H and O–H groups in total. The number of benzene rings is 2. The highest BCUT2D eigenvalue weighted by Crippen LogP contribution is 2.39. The first-order chi connectivity index (χ1) is 9.11.